The lowest BCUT2D eigenvalue weighted by Crippen LogP contribution is -2.25. The van der Waals surface area contributed by atoms with Crippen LogP contribution in [0.15, 0.2) is 54.6 Å². The van der Waals surface area contributed by atoms with E-state index in [2.05, 4.69) is 10.4 Å². The van der Waals surface area contributed by atoms with Crippen molar-refractivity contribution in [3.63, 3.8) is 0 Å². The molecule has 0 fully saturated rings. The minimum Gasteiger partial charge on any atom is -0.380 e. The number of hydrogen-bond acceptors (Lipinski definition) is 3. The molecular formula is C22H25N3O2. The molecule has 0 saturated heterocycles. The van der Waals surface area contributed by atoms with Gasteiger partial charge in [-0.15, -0.1) is 0 Å². The van der Waals surface area contributed by atoms with Gasteiger partial charge < -0.3 is 10.1 Å². The third kappa shape index (κ3) is 4.63. The summed E-state index contributed by atoms with van der Waals surface area (Å²) in [5, 5.41) is 7.61. The summed E-state index contributed by atoms with van der Waals surface area (Å²) in [6.45, 7) is 5.02. The summed E-state index contributed by atoms with van der Waals surface area (Å²) < 4.78 is 7.05. The van der Waals surface area contributed by atoms with E-state index in [1.54, 1.807) is 7.11 Å². The Bertz CT molecular complexity index is 917. The third-order valence-corrected chi connectivity index (χ3v) is 4.57. The van der Waals surface area contributed by atoms with Crippen molar-refractivity contribution in [1.29, 1.82) is 0 Å². The number of amides is 1. The molecule has 3 rings (SSSR count). The van der Waals surface area contributed by atoms with E-state index in [9.17, 15) is 4.79 Å². The van der Waals surface area contributed by atoms with Crippen molar-refractivity contribution in [2.24, 2.45) is 0 Å². The predicted molar refractivity (Wildman–Crippen MR) is 106 cm³/mol. The van der Waals surface area contributed by atoms with Crippen molar-refractivity contribution in [2.45, 2.75) is 33.4 Å². The Labute approximate surface area is 160 Å². The van der Waals surface area contributed by atoms with Gasteiger partial charge in [-0.25, -0.2) is 4.68 Å². The molecule has 1 amide bonds. The molecule has 0 atom stereocenters. The van der Waals surface area contributed by atoms with Crippen LogP contribution in [-0.2, 0) is 29.1 Å². The van der Waals surface area contributed by atoms with E-state index in [4.69, 9.17) is 4.74 Å². The predicted octanol–water partition coefficient (Wildman–Crippen LogP) is 3.49. The normalized spacial score (nSPS) is 10.8. The van der Waals surface area contributed by atoms with Crippen LogP contribution in [0, 0.1) is 13.8 Å². The molecule has 0 spiro atoms. The first-order valence-electron chi connectivity index (χ1n) is 9.02. The average molecular weight is 363 g/mol. The molecule has 0 saturated carbocycles. The van der Waals surface area contributed by atoms with Gasteiger partial charge in [-0.05, 0) is 37.1 Å². The fourth-order valence-corrected chi connectivity index (χ4v) is 3.17. The molecule has 1 aromatic heterocycles. The van der Waals surface area contributed by atoms with Gasteiger partial charge in [0.05, 0.1) is 24.4 Å². The maximum Gasteiger partial charge on any atom is 0.224 e. The van der Waals surface area contributed by atoms with Crippen molar-refractivity contribution < 1.29 is 9.53 Å². The molecule has 0 unspecified atom stereocenters. The van der Waals surface area contributed by atoms with Gasteiger partial charge >= 0.3 is 0 Å². The van der Waals surface area contributed by atoms with Crippen LogP contribution >= 0.6 is 0 Å². The zero-order valence-corrected chi connectivity index (χ0v) is 16.0. The molecule has 5 heteroatoms. The number of rotatable bonds is 7. The van der Waals surface area contributed by atoms with E-state index in [0.717, 1.165) is 33.8 Å². The number of aromatic nitrogens is 2. The zero-order valence-electron chi connectivity index (χ0n) is 16.0. The van der Waals surface area contributed by atoms with Crippen molar-refractivity contribution in [2.75, 3.05) is 7.11 Å². The monoisotopic (exact) mass is 363 g/mol. The van der Waals surface area contributed by atoms with Crippen molar-refractivity contribution in [3.05, 3.63) is 82.7 Å². The first-order valence-corrected chi connectivity index (χ1v) is 9.02. The zero-order chi connectivity index (χ0) is 19.2. The Morgan fingerprint density at radius 1 is 1.07 bits per heavy atom. The third-order valence-electron chi connectivity index (χ3n) is 4.57. The summed E-state index contributed by atoms with van der Waals surface area (Å²) in [7, 11) is 1.68. The minimum atomic E-state index is -0.00837. The lowest BCUT2D eigenvalue weighted by atomic mass is 10.1. The average Bonchev–Trinajstić information content (AvgIpc) is 2.96. The van der Waals surface area contributed by atoms with Gasteiger partial charge in [-0.3, -0.25) is 4.79 Å². The molecule has 0 aliphatic carbocycles. The number of aryl methyl sites for hydroxylation is 1. The first-order chi connectivity index (χ1) is 13.1. The highest BCUT2D eigenvalue weighted by Gasteiger charge is 2.15. The maximum absolute atomic E-state index is 12.5. The molecule has 0 radical (unpaired) electrons. The van der Waals surface area contributed by atoms with Crippen LogP contribution in [0.1, 0.15) is 28.1 Å². The van der Waals surface area contributed by atoms with Crippen molar-refractivity contribution in [3.8, 4) is 5.69 Å². The van der Waals surface area contributed by atoms with Crippen LogP contribution < -0.4 is 5.32 Å². The second kappa shape index (κ2) is 8.64. The standard InChI is InChI=1S/C22H25N3O2/c1-16-21(17(2)25(24-16)20-10-5-4-6-11-20)13-22(26)23-14-18-8-7-9-19(12-18)15-27-3/h4-12H,13-15H2,1-3H3,(H,23,26). The quantitative estimate of drug-likeness (QED) is 0.699. The van der Waals surface area contributed by atoms with Gasteiger partial charge in [0, 0.05) is 24.9 Å². The fraction of sp³-hybridized carbons (Fsp3) is 0.273. The Morgan fingerprint density at radius 2 is 1.81 bits per heavy atom. The summed E-state index contributed by atoms with van der Waals surface area (Å²) in [6.07, 6.45) is 0.322. The van der Waals surface area contributed by atoms with Gasteiger partial charge in [-0.2, -0.15) is 5.10 Å². The van der Waals surface area contributed by atoms with Crippen LogP contribution in [0.2, 0.25) is 0 Å². The molecule has 3 aromatic rings. The second-order valence-electron chi connectivity index (χ2n) is 6.60. The van der Waals surface area contributed by atoms with E-state index in [-0.39, 0.29) is 5.91 Å². The maximum atomic E-state index is 12.5. The fourth-order valence-electron chi connectivity index (χ4n) is 3.17. The van der Waals surface area contributed by atoms with Crippen LogP contribution in [0.4, 0.5) is 0 Å². The highest BCUT2D eigenvalue weighted by molar-refractivity contribution is 5.79. The molecule has 140 valence electrons. The highest BCUT2D eigenvalue weighted by Crippen LogP contribution is 2.18. The van der Waals surface area contributed by atoms with Gasteiger partial charge in [-0.1, -0.05) is 42.5 Å². The number of hydrogen-bond donors (Lipinski definition) is 1. The van der Waals surface area contributed by atoms with Gasteiger partial charge in [0.1, 0.15) is 0 Å². The van der Waals surface area contributed by atoms with E-state index in [0.29, 0.717) is 19.6 Å². The van der Waals surface area contributed by atoms with Gasteiger partial charge in [0.25, 0.3) is 0 Å². The van der Waals surface area contributed by atoms with Gasteiger partial charge in [0.15, 0.2) is 0 Å². The topological polar surface area (TPSA) is 56.1 Å². The van der Waals surface area contributed by atoms with E-state index in [1.165, 1.54) is 0 Å². The Morgan fingerprint density at radius 3 is 2.56 bits per heavy atom. The second-order valence-corrected chi connectivity index (χ2v) is 6.60. The number of nitrogens with zero attached hydrogens (tertiary/aromatic N) is 2. The number of methoxy groups -OCH3 is 1. The number of benzene rings is 2. The summed E-state index contributed by atoms with van der Waals surface area (Å²) in [4.78, 5) is 12.5. The van der Waals surface area contributed by atoms with Gasteiger partial charge in [0.2, 0.25) is 5.91 Å². The molecule has 1 heterocycles. The van der Waals surface area contributed by atoms with Crippen LogP contribution in [0.5, 0.6) is 0 Å². The number of nitrogens with one attached hydrogen (secondary N) is 1. The van der Waals surface area contributed by atoms with Crippen LogP contribution in [0.25, 0.3) is 5.69 Å². The lowest BCUT2D eigenvalue weighted by molar-refractivity contribution is -0.120. The molecular weight excluding hydrogens is 338 g/mol. The minimum absolute atomic E-state index is 0.00837. The summed E-state index contributed by atoms with van der Waals surface area (Å²) in [6, 6.07) is 18.0. The van der Waals surface area contributed by atoms with Crippen LogP contribution in [-0.4, -0.2) is 22.8 Å². The molecule has 0 bridgehead atoms. The lowest BCUT2D eigenvalue weighted by Gasteiger charge is -2.08. The van der Waals surface area contributed by atoms with Crippen LogP contribution in [0.3, 0.4) is 0 Å². The molecule has 5 nitrogen and oxygen atoms in total. The number of ether oxygens (including phenoxy) is 1. The van der Waals surface area contributed by atoms with E-state index in [1.807, 2.05) is 73.1 Å². The van der Waals surface area contributed by atoms with E-state index < -0.39 is 0 Å². The SMILES string of the molecule is COCc1cccc(CNC(=O)Cc2c(C)nn(-c3ccccc3)c2C)c1. The Hall–Kier alpha value is -2.92. The Kier molecular flexibility index (Phi) is 6.04. The van der Waals surface area contributed by atoms with E-state index >= 15 is 0 Å². The summed E-state index contributed by atoms with van der Waals surface area (Å²) >= 11 is 0. The molecule has 27 heavy (non-hydrogen) atoms. The molecule has 0 aliphatic rings. The highest BCUT2D eigenvalue weighted by atomic mass is 16.5. The Balaban J connectivity index is 1.66. The molecule has 0 aliphatic heterocycles. The number of para-hydroxylation sites is 1. The number of carbonyl (C=O) groups excluding carboxylic acids is 1. The first kappa shape index (κ1) is 18.9. The largest absolute Gasteiger partial charge is 0.380 e. The smallest absolute Gasteiger partial charge is 0.224 e. The number of carbonyl (C=O) groups is 1. The van der Waals surface area contributed by atoms with Crippen molar-refractivity contribution in [1.82, 2.24) is 15.1 Å². The summed E-state index contributed by atoms with van der Waals surface area (Å²) in [5.74, 6) is -0.00837. The molecule has 2 aromatic carbocycles. The summed E-state index contributed by atoms with van der Waals surface area (Å²) in [5.41, 5.74) is 6.01. The molecule has 1 N–H and O–H groups in total. The van der Waals surface area contributed by atoms with Crippen molar-refractivity contribution >= 4 is 5.91 Å².